The van der Waals surface area contributed by atoms with Crippen LogP contribution in [0, 0.1) is 11.6 Å². The Hall–Kier alpha value is -1.27. The number of carbonyl (C=O) groups excluding carboxylic acids is 1. The molecule has 1 N–H and O–H groups in total. The van der Waals surface area contributed by atoms with E-state index in [1.54, 1.807) is 17.5 Å². The van der Waals surface area contributed by atoms with Crippen LogP contribution >= 0.6 is 27.3 Å². The molecule has 0 unspecified atom stereocenters. The number of thiophene rings is 1. The van der Waals surface area contributed by atoms with Gasteiger partial charge in [-0.05, 0) is 33.4 Å². The molecule has 0 fully saturated rings. The van der Waals surface area contributed by atoms with Crippen molar-refractivity contribution in [1.82, 2.24) is 0 Å². The molecule has 0 aliphatic heterocycles. The highest BCUT2D eigenvalue weighted by molar-refractivity contribution is 9.10. The van der Waals surface area contributed by atoms with Crippen LogP contribution in [-0.4, -0.2) is 5.91 Å². The first kappa shape index (κ1) is 12.2. The first-order chi connectivity index (χ1) is 8.08. The van der Waals surface area contributed by atoms with E-state index in [1.807, 2.05) is 0 Å². The zero-order chi connectivity index (χ0) is 12.4. The van der Waals surface area contributed by atoms with Gasteiger partial charge in [0.2, 0.25) is 0 Å². The van der Waals surface area contributed by atoms with Crippen LogP contribution in [0.5, 0.6) is 0 Å². The van der Waals surface area contributed by atoms with E-state index >= 15 is 0 Å². The standard InChI is InChI=1S/C11H6BrF2NOS/c12-7-4-6(13)5-8(14)10(7)15-11(16)9-2-1-3-17-9/h1-5H,(H,15,16). The normalized spacial score (nSPS) is 10.3. The van der Waals surface area contributed by atoms with Gasteiger partial charge in [0.05, 0.1) is 10.6 Å². The summed E-state index contributed by atoms with van der Waals surface area (Å²) in [5, 5.41) is 4.13. The molecule has 2 aromatic rings. The van der Waals surface area contributed by atoms with Crippen molar-refractivity contribution >= 4 is 38.9 Å². The van der Waals surface area contributed by atoms with E-state index in [9.17, 15) is 13.6 Å². The second-order valence-electron chi connectivity index (χ2n) is 3.18. The minimum Gasteiger partial charge on any atom is -0.318 e. The van der Waals surface area contributed by atoms with Gasteiger partial charge in [-0.15, -0.1) is 11.3 Å². The third-order valence-corrected chi connectivity index (χ3v) is 3.48. The van der Waals surface area contributed by atoms with Crippen molar-refractivity contribution in [3.05, 3.63) is 50.6 Å². The van der Waals surface area contributed by atoms with Gasteiger partial charge in [-0.25, -0.2) is 8.78 Å². The molecule has 6 heteroatoms. The number of hydrogen-bond acceptors (Lipinski definition) is 2. The fourth-order valence-corrected chi connectivity index (χ4v) is 2.37. The Labute approximate surface area is 108 Å². The topological polar surface area (TPSA) is 29.1 Å². The summed E-state index contributed by atoms with van der Waals surface area (Å²) in [5.74, 6) is -1.95. The molecule has 1 heterocycles. The van der Waals surface area contributed by atoms with E-state index < -0.39 is 17.5 Å². The van der Waals surface area contributed by atoms with E-state index in [1.165, 1.54) is 11.3 Å². The van der Waals surface area contributed by atoms with E-state index in [2.05, 4.69) is 21.2 Å². The zero-order valence-electron chi connectivity index (χ0n) is 8.34. The molecular formula is C11H6BrF2NOS. The number of benzene rings is 1. The average Bonchev–Trinajstić information content (AvgIpc) is 2.76. The third-order valence-electron chi connectivity index (χ3n) is 1.99. The van der Waals surface area contributed by atoms with Crippen molar-refractivity contribution in [3.63, 3.8) is 0 Å². The molecule has 0 saturated carbocycles. The maximum Gasteiger partial charge on any atom is 0.265 e. The number of rotatable bonds is 2. The molecule has 88 valence electrons. The van der Waals surface area contributed by atoms with Crippen molar-refractivity contribution in [2.45, 2.75) is 0 Å². The lowest BCUT2D eigenvalue weighted by Crippen LogP contribution is -2.12. The van der Waals surface area contributed by atoms with Crippen LogP contribution in [0.4, 0.5) is 14.5 Å². The molecule has 0 aliphatic rings. The molecule has 0 bridgehead atoms. The Bertz CT molecular complexity index is 534. The van der Waals surface area contributed by atoms with Crippen LogP contribution in [0.25, 0.3) is 0 Å². The number of amides is 1. The number of halogens is 3. The minimum absolute atomic E-state index is 0.0650. The highest BCUT2D eigenvalue weighted by Crippen LogP contribution is 2.27. The highest BCUT2D eigenvalue weighted by Gasteiger charge is 2.14. The van der Waals surface area contributed by atoms with E-state index in [4.69, 9.17) is 0 Å². The molecule has 1 amide bonds. The Kier molecular flexibility index (Phi) is 3.54. The maximum absolute atomic E-state index is 13.4. The van der Waals surface area contributed by atoms with Crippen LogP contribution in [0.1, 0.15) is 9.67 Å². The molecular weight excluding hydrogens is 312 g/mol. The molecule has 1 aromatic heterocycles. The second-order valence-corrected chi connectivity index (χ2v) is 4.98. The van der Waals surface area contributed by atoms with Crippen molar-refractivity contribution in [1.29, 1.82) is 0 Å². The molecule has 0 saturated heterocycles. The molecule has 2 rings (SSSR count). The Balaban J connectivity index is 2.28. The Morgan fingerprint density at radius 2 is 2.12 bits per heavy atom. The molecule has 0 spiro atoms. The molecule has 2 nitrogen and oxygen atoms in total. The fraction of sp³-hybridized carbons (Fsp3) is 0. The number of hydrogen-bond donors (Lipinski definition) is 1. The minimum atomic E-state index is -0.818. The van der Waals surface area contributed by atoms with Gasteiger partial charge in [0, 0.05) is 10.5 Å². The SMILES string of the molecule is O=C(Nc1c(F)cc(F)cc1Br)c1cccs1. The van der Waals surface area contributed by atoms with Crippen LogP contribution in [0.15, 0.2) is 34.1 Å². The van der Waals surface area contributed by atoms with E-state index in [0.717, 1.165) is 12.1 Å². The second kappa shape index (κ2) is 4.93. The van der Waals surface area contributed by atoms with Crippen LogP contribution in [0.2, 0.25) is 0 Å². The van der Waals surface area contributed by atoms with E-state index in [0.29, 0.717) is 4.88 Å². The number of carbonyl (C=O) groups is 1. The number of anilines is 1. The third kappa shape index (κ3) is 2.70. The van der Waals surface area contributed by atoms with Crippen molar-refractivity contribution in [3.8, 4) is 0 Å². The quantitative estimate of drug-likeness (QED) is 0.889. The first-order valence-electron chi connectivity index (χ1n) is 4.57. The average molecular weight is 318 g/mol. The van der Waals surface area contributed by atoms with Gasteiger partial charge >= 0.3 is 0 Å². The smallest absolute Gasteiger partial charge is 0.265 e. The van der Waals surface area contributed by atoms with Crippen LogP contribution < -0.4 is 5.32 Å². The summed E-state index contributed by atoms with van der Waals surface area (Å²) in [6.45, 7) is 0. The molecule has 0 aliphatic carbocycles. The Morgan fingerprint density at radius 3 is 2.71 bits per heavy atom. The highest BCUT2D eigenvalue weighted by atomic mass is 79.9. The lowest BCUT2D eigenvalue weighted by atomic mass is 10.3. The van der Waals surface area contributed by atoms with Crippen molar-refractivity contribution in [2.24, 2.45) is 0 Å². The summed E-state index contributed by atoms with van der Waals surface area (Å²) in [7, 11) is 0. The van der Waals surface area contributed by atoms with E-state index in [-0.39, 0.29) is 10.2 Å². The maximum atomic E-state index is 13.4. The summed E-state index contributed by atoms with van der Waals surface area (Å²) in [4.78, 5) is 12.1. The predicted octanol–water partition coefficient (Wildman–Crippen LogP) is 4.04. The van der Waals surface area contributed by atoms with Crippen LogP contribution in [-0.2, 0) is 0 Å². The molecule has 0 atom stereocenters. The largest absolute Gasteiger partial charge is 0.318 e. The lowest BCUT2D eigenvalue weighted by molar-refractivity contribution is 0.103. The van der Waals surface area contributed by atoms with Gasteiger partial charge in [-0.3, -0.25) is 4.79 Å². The summed E-state index contributed by atoms with van der Waals surface area (Å²) in [5.41, 5.74) is -0.0650. The van der Waals surface area contributed by atoms with Gasteiger partial charge in [-0.2, -0.15) is 0 Å². The van der Waals surface area contributed by atoms with Gasteiger partial charge in [0.1, 0.15) is 5.82 Å². The molecule has 17 heavy (non-hydrogen) atoms. The summed E-state index contributed by atoms with van der Waals surface area (Å²) < 4.78 is 26.4. The van der Waals surface area contributed by atoms with Crippen molar-refractivity contribution in [2.75, 3.05) is 5.32 Å². The lowest BCUT2D eigenvalue weighted by Gasteiger charge is -2.07. The van der Waals surface area contributed by atoms with Gasteiger partial charge in [0.25, 0.3) is 5.91 Å². The van der Waals surface area contributed by atoms with Gasteiger partial charge in [0.15, 0.2) is 5.82 Å². The predicted molar refractivity (Wildman–Crippen MR) is 66.3 cm³/mol. The Morgan fingerprint density at radius 1 is 1.35 bits per heavy atom. The summed E-state index contributed by atoms with van der Waals surface area (Å²) >= 11 is 4.24. The molecule has 0 radical (unpaired) electrons. The van der Waals surface area contributed by atoms with Crippen LogP contribution in [0.3, 0.4) is 0 Å². The monoisotopic (exact) mass is 317 g/mol. The first-order valence-corrected chi connectivity index (χ1v) is 6.24. The van der Waals surface area contributed by atoms with Crippen molar-refractivity contribution < 1.29 is 13.6 Å². The van der Waals surface area contributed by atoms with Gasteiger partial charge in [-0.1, -0.05) is 6.07 Å². The van der Waals surface area contributed by atoms with Gasteiger partial charge < -0.3 is 5.32 Å². The number of nitrogens with one attached hydrogen (secondary N) is 1. The molecule has 1 aromatic carbocycles. The fourth-order valence-electron chi connectivity index (χ4n) is 1.24. The summed E-state index contributed by atoms with van der Waals surface area (Å²) in [6.07, 6.45) is 0. The zero-order valence-corrected chi connectivity index (χ0v) is 10.7. The summed E-state index contributed by atoms with van der Waals surface area (Å²) in [6, 6.07) is 5.15.